The summed E-state index contributed by atoms with van der Waals surface area (Å²) in [6, 6.07) is 8.83. The average Bonchev–Trinajstić information content (AvgIpc) is 2.36. The molecule has 3 nitrogen and oxygen atoms in total. The molecule has 5 rings (SSSR count). The third-order valence-corrected chi connectivity index (χ3v) is 6.39. The summed E-state index contributed by atoms with van der Waals surface area (Å²) in [6.45, 7) is 8.99. The van der Waals surface area contributed by atoms with Gasteiger partial charge in [-0.05, 0) is 38.1 Å². The number of quaternary nitrogens is 2. The molecule has 0 saturated carbocycles. The van der Waals surface area contributed by atoms with Crippen LogP contribution in [0.4, 0.5) is 0 Å². The summed E-state index contributed by atoms with van der Waals surface area (Å²) in [7, 11) is 0. The Morgan fingerprint density at radius 3 is 1.90 bits per heavy atom. The lowest BCUT2D eigenvalue weighted by Crippen LogP contribution is -3.41. The average molecular weight is 339 g/mol. The Labute approximate surface area is 128 Å². The van der Waals surface area contributed by atoms with E-state index in [4.69, 9.17) is 0 Å². The Kier molecular flexibility index (Phi) is 2.70. The first-order chi connectivity index (χ1) is 9.41. The molecule has 108 valence electrons. The van der Waals surface area contributed by atoms with Crippen LogP contribution in [0.1, 0.15) is 25.6 Å². The van der Waals surface area contributed by atoms with Gasteiger partial charge in [0.15, 0.2) is 0 Å². The number of benzene rings is 1. The van der Waals surface area contributed by atoms with Crippen molar-refractivity contribution in [3.8, 4) is 0 Å². The van der Waals surface area contributed by atoms with Crippen LogP contribution >= 0.6 is 15.9 Å². The lowest BCUT2D eigenvalue weighted by molar-refractivity contribution is -1.19. The molecule has 0 unspecified atom stereocenters. The SMILES string of the molecule is CC12C[NH+]3CC(C)(C[NH+](C1)C3c1ccc(Br)cc1)C2O. The molecule has 4 aliphatic heterocycles. The van der Waals surface area contributed by atoms with E-state index in [9.17, 15) is 5.11 Å². The monoisotopic (exact) mass is 338 g/mol. The fraction of sp³-hybridized carbons (Fsp3) is 0.625. The van der Waals surface area contributed by atoms with Crippen LogP contribution in [0.3, 0.4) is 0 Å². The third kappa shape index (κ3) is 1.68. The minimum Gasteiger partial charge on any atom is -0.391 e. The van der Waals surface area contributed by atoms with E-state index < -0.39 is 0 Å². The highest BCUT2D eigenvalue weighted by Crippen LogP contribution is 2.39. The molecule has 0 spiro atoms. The molecule has 4 saturated heterocycles. The summed E-state index contributed by atoms with van der Waals surface area (Å²) in [5.74, 6) is 0. The van der Waals surface area contributed by atoms with E-state index >= 15 is 0 Å². The minimum atomic E-state index is -0.131. The second-order valence-electron chi connectivity index (χ2n) is 7.72. The molecule has 4 fully saturated rings. The van der Waals surface area contributed by atoms with Crippen molar-refractivity contribution in [2.45, 2.75) is 26.1 Å². The smallest absolute Gasteiger partial charge is 0.240 e. The molecule has 0 aliphatic carbocycles. The Morgan fingerprint density at radius 2 is 1.45 bits per heavy atom. The highest BCUT2D eigenvalue weighted by Gasteiger charge is 2.67. The van der Waals surface area contributed by atoms with Gasteiger partial charge >= 0.3 is 0 Å². The molecule has 20 heavy (non-hydrogen) atoms. The van der Waals surface area contributed by atoms with Gasteiger partial charge in [0.05, 0.1) is 48.7 Å². The van der Waals surface area contributed by atoms with Crippen LogP contribution in [0.2, 0.25) is 0 Å². The number of hydrogen-bond acceptors (Lipinski definition) is 1. The first kappa shape index (κ1) is 13.3. The van der Waals surface area contributed by atoms with Crippen LogP contribution in [0.15, 0.2) is 28.7 Å². The highest BCUT2D eigenvalue weighted by atomic mass is 79.9. The Hall–Kier alpha value is -0.420. The molecule has 4 heteroatoms. The van der Waals surface area contributed by atoms with Gasteiger partial charge < -0.3 is 5.11 Å². The van der Waals surface area contributed by atoms with E-state index in [1.807, 2.05) is 0 Å². The maximum atomic E-state index is 10.7. The molecule has 0 radical (unpaired) electrons. The first-order valence-corrected chi connectivity index (χ1v) is 8.33. The van der Waals surface area contributed by atoms with E-state index in [2.05, 4.69) is 54.0 Å². The van der Waals surface area contributed by atoms with Gasteiger partial charge in [-0.15, -0.1) is 0 Å². The molecule has 4 aliphatic rings. The van der Waals surface area contributed by atoms with Crippen molar-refractivity contribution in [3.05, 3.63) is 34.3 Å². The largest absolute Gasteiger partial charge is 0.391 e. The lowest BCUT2D eigenvalue weighted by Gasteiger charge is -2.62. The Balaban J connectivity index is 1.72. The van der Waals surface area contributed by atoms with E-state index in [0.29, 0.717) is 6.17 Å². The summed E-state index contributed by atoms with van der Waals surface area (Å²) in [6.07, 6.45) is 0.421. The molecular formula is C16H23BrN2O+2. The zero-order chi connectivity index (χ0) is 14.1. The number of piperidine rings is 2. The summed E-state index contributed by atoms with van der Waals surface area (Å²) >= 11 is 3.53. The van der Waals surface area contributed by atoms with Gasteiger partial charge in [0.2, 0.25) is 6.17 Å². The molecule has 0 aromatic heterocycles. The standard InChI is InChI=1S/C16H21BrN2O/c1-15-7-18-9-16(2,14(15)20)10-19(8-15)13(18)11-3-5-12(17)6-4-11/h3-6,13-14,20H,7-10H2,1-2H3/p+2. The van der Waals surface area contributed by atoms with Crippen LogP contribution < -0.4 is 9.80 Å². The molecule has 4 bridgehead atoms. The number of aliphatic hydroxyl groups excluding tert-OH is 1. The summed E-state index contributed by atoms with van der Waals surface area (Å²) in [5, 5.41) is 10.7. The maximum Gasteiger partial charge on any atom is 0.240 e. The normalized spacial score (nSPS) is 49.6. The zero-order valence-electron chi connectivity index (χ0n) is 12.1. The van der Waals surface area contributed by atoms with Gasteiger partial charge in [-0.2, -0.15) is 0 Å². The van der Waals surface area contributed by atoms with Gasteiger partial charge in [-0.3, -0.25) is 9.80 Å². The lowest BCUT2D eigenvalue weighted by atomic mass is 9.60. The first-order valence-electron chi connectivity index (χ1n) is 7.54. The van der Waals surface area contributed by atoms with Crippen LogP contribution in [0.5, 0.6) is 0 Å². The van der Waals surface area contributed by atoms with Crippen molar-refractivity contribution in [2.24, 2.45) is 10.8 Å². The van der Waals surface area contributed by atoms with Crippen molar-refractivity contribution >= 4 is 15.9 Å². The highest BCUT2D eigenvalue weighted by molar-refractivity contribution is 9.10. The molecule has 4 heterocycles. The predicted octanol–water partition coefficient (Wildman–Crippen LogP) is -0.368. The zero-order valence-corrected chi connectivity index (χ0v) is 13.7. The van der Waals surface area contributed by atoms with Gasteiger partial charge in [0.25, 0.3) is 0 Å². The Morgan fingerprint density at radius 1 is 1.00 bits per heavy atom. The molecule has 1 aromatic rings. The topological polar surface area (TPSA) is 29.1 Å². The van der Waals surface area contributed by atoms with Crippen molar-refractivity contribution in [3.63, 3.8) is 0 Å². The molecule has 1 aromatic carbocycles. The minimum absolute atomic E-state index is 0.0990. The third-order valence-electron chi connectivity index (χ3n) is 5.86. The van der Waals surface area contributed by atoms with Crippen molar-refractivity contribution in [2.75, 3.05) is 26.2 Å². The summed E-state index contributed by atoms with van der Waals surface area (Å²) < 4.78 is 1.15. The number of nitrogens with one attached hydrogen (secondary N) is 2. The fourth-order valence-electron chi connectivity index (χ4n) is 5.38. The summed E-state index contributed by atoms with van der Waals surface area (Å²) in [5.41, 5.74) is 1.64. The quantitative estimate of drug-likeness (QED) is 0.641. The molecule has 0 atom stereocenters. The van der Waals surface area contributed by atoms with Crippen molar-refractivity contribution < 1.29 is 14.9 Å². The second-order valence-corrected chi connectivity index (χ2v) is 8.63. The number of rotatable bonds is 1. The van der Waals surface area contributed by atoms with E-state index in [0.717, 1.165) is 30.7 Å². The molecule has 0 amide bonds. The van der Waals surface area contributed by atoms with Crippen LogP contribution in [0.25, 0.3) is 0 Å². The molecule has 3 N–H and O–H groups in total. The fourth-order valence-corrected chi connectivity index (χ4v) is 5.64. The van der Waals surface area contributed by atoms with Crippen LogP contribution in [0, 0.1) is 10.8 Å². The maximum absolute atomic E-state index is 10.7. The summed E-state index contributed by atoms with van der Waals surface area (Å²) in [4.78, 5) is 3.32. The van der Waals surface area contributed by atoms with E-state index in [-0.39, 0.29) is 16.9 Å². The predicted molar refractivity (Wildman–Crippen MR) is 80.5 cm³/mol. The molecular weight excluding hydrogens is 316 g/mol. The number of hydrogen-bond donors (Lipinski definition) is 3. The number of aliphatic hydroxyl groups is 1. The number of halogens is 1. The van der Waals surface area contributed by atoms with Crippen molar-refractivity contribution in [1.29, 1.82) is 0 Å². The van der Waals surface area contributed by atoms with E-state index in [1.54, 1.807) is 9.80 Å². The van der Waals surface area contributed by atoms with Crippen LogP contribution in [-0.4, -0.2) is 37.4 Å². The Bertz CT molecular complexity index is 506. The van der Waals surface area contributed by atoms with E-state index in [1.165, 1.54) is 5.56 Å². The van der Waals surface area contributed by atoms with Gasteiger partial charge in [-0.25, -0.2) is 0 Å². The van der Waals surface area contributed by atoms with Gasteiger partial charge in [-0.1, -0.05) is 15.9 Å². The second kappa shape index (κ2) is 4.07. The van der Waals surface area contributed by atoms with Crippen LogP contribution in [-0.2, 0) is 0 Å². The van der Waals surface area contributed by atoms with Gasteiger partial charge in [0.1, 0.15) is 0 Å². The van der Waals surface area contributed by atoms with Crippen molar-refractivity contribution in [1.82, 2.24) is 0 Å². The van der Waals surface area contributed by atoms with Gasteiger partial charge in [0, 0.05) is 4.47 Å².